The van der Waals surface area contributed by atoms with Crippen molar-refractivity contribution in [1.82, 2.24) is 0 Å². The Morgan fingerprint density at radius 2 is 1.90 bits per heavy atom. The van der Waals surface area contributed by atoms with Gasteiger partial charge >= 0.3 is 0 Å². The number of hydrogen-bond acceptors (Lipinski definition) is 2. The van der Waals surface area contributed by atoms with Gasteiger partial charge in [0.1, 0.15) is 0 Å². The molecule has 20 heavy (non-hydrogen) atoms. The lowest BCUT2D eigenvalue weighted by Gasteiger charge is -2.09. The maximum atomic E-state index is 13.1. The second-order valence-corrected chi connectivity index (χ2v) is 5.32. The third kappa shape index (κ3) is 3.36. The van der Waals surface area contributed by atoms with Crippen molar-refractivity contribution in [3.05, 3.63) is 59.7 Å². The highest BCUT2D eigenvalue weighted by molar-refractivity contribution is 7.99. The summed E-state index contributed by atoms with van der Waals surface area (Å²) in [7, 11) is 0. The van der Waals surface area contributed by atoms with Gasteiger partial charge in [0.15, 0.2) is 11.6 Å². The van der Waals surface area contributed by atoms with Crippen LogP contribution in [0.3, 0.4) is 0 Å². The molecule has 0 aliphatic heterocycles. The Hall–Kier alpha value is -1.88. The molecule has 0 radical (unpaired) electrons. The highest BCUT2D eigenvalue weighted by atomic mass is 32.2. The fourth-order valence-electron chi connectivity index (χ4n) is 1.71. The molecular formula is C15H13F2NOS. The molecule has 0 aliphatic carbocycles. The van der Waals surface area contributed by atoms with E-state index in [2.05, 4.69) is 5.32 Å². The third-order valence-electron chi connectivity index (χ3n) is 2.61. The van der Waals surface area contributed by atoms with Crippen LogP contribution in [-0.2, 0) is 0 Å². The average Bonchev–Trinajstić information content (AvgIpc) is 2.44. The van der Waals surface area contributed by atoms with Crippen LogP contribution in [0.25, 0.3) is 0 Å². The van der Waals surface area contributed by atoms with Crippen LogP contribution in [0, 0.1) is 11.6 Å². The van der Waals surface area contributed by atoms with Crippen LogP contribution in [-0.4, -0.2) is 11.7 Å². The lowest BCUT2D eigenvalue weighted by molar-refractivity contribution is 0.102. The first-order valence-electron chi connectivity index (χ1n) is 6.10. The molecule has 2 aromatic rings. The van der Waals surface area contributed by atoms with Gasteiger partial charge < -0.3 is 5.32 Å². The Balaban J connectivity index is 2.21. The van der Waals surface area contributed by atoms with Crippen molar-refractivity contribution in [3.8, 4) is 0 Å². The second kappa shape index (κ2) is 6.52. The molecule has 1 N–H and O–H groups in total. The van der Waals surface area contributed by atoms with Crippen molar-refractivity contribution >= 4 is 23.4 Å². The Kier molecular flexibility index (Phi) is 4.74. The predicted molar refractivity (Wildman–Crippen MR) is 77.2 cm³/mol. The summed E-state index contributed by atoms with van der Waals surface area (Å²) in [6, 6.07) is 10.4. The maximum absolute atomic E-state index is 13.1. The largest absolute Gasteiger partial charge is 0.322 e. The molecule has 1 amide bonds. The zero-order valence-electron chi connectivity index (χ0n) is 10.8. The smallest absolute Gasteiger partial charge is 0.256 e. The number of carbonyl (C=O) groups is 1. The normalized spacial score (nSPS) is 10.3. The van der Waals surface area contributed by atoms with E-state index in [4.69, 9.17) is 0 Å². The first-order valence-corrected chi connectivity index (χ1v) is 7.08. The molecule has 0 atom stereocenters. The molecule has 0 saturated heterocycles. The summed E-state index contributed by atoms with van der Waals surface area (Å²) in [4.78, 5) is 13.0. The quantitative estimate of drug-likeness (QED) is 0.850. The molecule has 0 fully saturated rings. The number of rotatable bonds is 4. The SMILES string of the molecule is CCSc1ccccc1C(=O)Nc1ccc(F)c(F)c1. The van der Waals surface area contributed by atoms with E-state index in [0.717, 1.165) is 22.8 Å². The van der Waals surface area contributed by atoms with E-state index in [1.165, 1.54) is 6.07 Å². The van der Waals surface area contributed by atoms with Gasteiger partial charge in [-0.15, -0.1) is 11.8 Å². The molecular weight excluding hydrogens is 280 g/mol. The minimum atomic E-state index is -0.987. The Morgan fingerprint density at radius 3 is 2.60 bits per heavy atom. The van der Waals surface area contributed by atoms with Crippen LogP contribution in [0.2, 0.25) is 0 Å². The van der Waals surface area contributed by atoms with Gasteiger partial charge in [-0.3, -0.25) is 4.79 Å². The Bertz CT molecular complexity index is 631. The van der Waals surface area contributed by atoms with Gasteiger partial charge in [-0.2, -0.15) is 0 Å². The third-order valence-corrected chi connectivity index (χ3v) is 3.56. The molecule has 0 bridgehead atoms. The predicted octanol–water partition coefficient (Wildman–Crippen LogP) is 4.33. The van der Waals surface area contributed by atoms with Crippen LogP contribution in [0.5, 0.6) is 0 Å². The number of hydrogen-bond donors (Lipinski definition) is 1. The van der Waals surface area contributed by atoms with E-state index < -0.39 is 11.6 Å². The lowest BCUT2D eigenvalue weighted by atomic mass is 10.2. The van der Waals surface area contributed by atoms with Crippen LogP contribution >= 0.6 is 11.8 Å². The molecule has 0 unspecified atom stereocenters. The van der Waals surface area contributed by atoms with Gasteiger partial charge in [-0.25, -0.2) is 8.78 Å². The zero-order chi connectivity index (χ0) is 14.5. The summed E-state index contributed by atoms with van der Waals surface area (Å²) >= 11 is 1.55. The topological polar surface area (TPSA) is 29.1 Å². The van der Waals surface area contributed by atoms with E-state index in [1.54, 1.807) is 23.9 Å². The van der Waals surface area contributed by atoms with Crippen molar-refractivity contribution in [1.29, 1.82) is 0 Å². The van der Waals surface area contributed by atoms with Crippen LogP contribution in [0.15, 0.2) is 47.4 Å². The maximum Gasteiger partial charge on any atom is 0.256 e. The van der Waals surface area contributed by atoms with Crippen LogP contribution in [0.4, 0.5) is 14.5 Å². The number of nitrogens with one attached hydrogen (secondary N) is 1. The van der Waals surface area contributed by atoms with E-state index in [0.29, 0.717) is 5.56 Å². The Morgan fingerprint density at radius 1 is 1.15 bits per heavy atom. The zero-order valence-corrected chi connectivity index (χ0v) is 11.6. The van der Waals surface area contributed by atoms with E-state index in [1.807, 2.05) is 19.1 Å². The van der Waals surface area contributed by atoms with Crippen LogP contribution < -0.4 is 5.32 Å². The van der Waals surface area contributed by atoms with E-state index in [-0.39, 0.29) is 11.6 Å². The highest BCUT2D eigenvalue weighted by Crippen LogP contribution is 2.23. The van der Waals surface area contributed by atoms with E-state index >= 15 is 0 Å². The molecule has 0 spiro atoms. The average molecular weight is 293 g/mol. The molecule has 0 saturated carbocycles. The summed E-state index contributed by atoms with van der Waals surface area (Å²) in [6.45, 7) is 1.99. The summed E-state index contributed by atoms with van der Waals surface area (Å²) in [5.74, 6) is -1.42. The highest BCUT2D eigenvalue weighted by Gasteiger charge is 2.12. The van der Waals surface area contributed by atoms with Crippen molar-refractivity contribution in [2.75, 3.05) is 11.1 Å². The first kappa shape index (κ1) is 14.5. The molecule has 104 valence electrons. The molecule has 0 aliphatic rings. The van der Waals surface area contributed by atoms with Gasteiger partial charge in [-0.1, -0.05) is 19.1 Å². The molecule has 0 aromatic heterocycles. The first-order chi connectivity index (χ1) is 9.61. The number of anilines is 1. The van der Waals surface area contributed by atoms with Crippen molar-refractivity contribution in [3.63, 3.8) is 0 Å². The Labute approximate surface area is 120 Å². The second-order valence-electron chi connectivity index (χ2n) is 4.01. The standard InChI is InChI=1S/C15H13F2NOS/c1-2-20-14-6-4-3-5-11(14)15(19)18-10-7-8-12(16)13(17)9-10/h3-9H,2H2,1H3,(H,18,19). The van der Waals surface area contributed by atoms with Crippen molar-refractivity contribution in [2.24, 2.45) is 0 Å². The fraction of sp³-hybridized carbons (Fsp3) is 0.133. The number of benzene rings is 2. The number of halogens is 2. The molecule has 2 nitrogen and oxygen atoms in total. The van der Waals surface area contributed by atoms with E-state index in [9.17, 15) is 13.6 Å². The summed E-state index contributed by atoms with van der Waals surface area (Å²) in [6.07, 6.45) is 0. The number of amides is 1. The lowest BCUT2D eigenvalue weighted by Crippen LogP contribution is -2.13. The van der Waals surface area contributed by atoms with Gasteiger partial charge in [0.25, 0.3) is 5.91 Å². The minimum Gasteiger partial charge on any atom is -0.322 e. The molecule has 5 heteroatoms. The van der Waals surface area contributed by atoms with Gasteiger partial charge in [0, 0.05) is 16.6 Å². The molecule has 2 aromatic carbocycles. The van der Waals surface area contributed by atoms with Gasteiger partial charge in [0.05, 0.1) is 5.56 Å². The molecule has 0 heterocycles. The minimum absolute atomic E-state index is 0.227. The monoisotopic (exact) mass is 293 g/mol. The number of carbonyl (C=O) groups excluding carboxylic acids is 1. The molecule has 2 rings (SSSR count). The summed E-state index contributed by atoms with van der Waals surface area (Å²) in [5.41, 5.74) is 0.745. The van der Waals surface area contributed by atoms with Gasteiger partial charge in [0.2, 0.25) is 0 Å². The number of thioether (sulfide) groups is 1. The summed E-state index contributed by atoms with van der Waals surface area (Å²) < 4.78 is 25.9. The fourth-order valence-corrected chi connectivity index (χ4v) is 2.51. The van der Waals surface area contributed by atoms with Crippen LogP contribution in [0.1, 0.15) is 17.3 Å². The summed E-state index contributed by atoms with van der Waals surface area (Å²) in [5, 5.41) is 2.57. The van der Waals surface area contributed by atoms with Crippen molar-refractivity contribution < 1.29 is 13.6 Å². The van der Waals surface area contributed by atoms with Crippen molar-refractivity contribution in [2.45, 2.75) is 11.8 Å². The van der Waals surface area contributed by atoms with Gasteiger partial charge in [-0.05, 0) is 30.0 Å².